The monoisotopic (exact) mass is 841 g/mol. The molecule has 60 heavy (non-hydrogen) atoms. The van der Waals surface area contributed by atoms with Gasteiger partial charge in [-0.3, -0.25) is 43.9 Å². The van der Waals surface area contributed by atoms with Gasteiger partial charge in [-0.05, 0) is 69.0 Å². The van der Waals surface area contributed by atoms with Gasteiger partial charge in [0.15, 0.2) is 0 Å². The summed E-state index contributed by atoms with van der Waals surface area (Å²) >= 11 is 5.95. The summed E-state index contributed by atoms with van der Waals surface area (Å²) in [7, 11) is 1.49. The molecular formula is C42H45ClFN9O7. The van der Waals surface area contributed by atoms with Crippen LogP contribution in [0.1, 0.15) is 66.2 Å². The highest BCUT2D eigenvalue weighted by atomic mass is 35.5. The molecule has 1 atom stereocenters. The zero-order valence-electron chi connectivity index (χ0n) is 33.1. The van der Waals surface area contributed by atoms with Crippen LogP contribution < -0.4 is 31.3 Å². The lowest BCUT2D eigenvalue weighted by Gasteiger charge is -2.31. The lowest BCUT2D eigenvalue weighted by molar-refractivity contribution is -0.125. The van der Waals surface area contributed by atoms with Crippen molar-refractivity contribution in [1.82, 2.24) is 30.4 Å². The Morgan fingerprint density at radius 2 is 1.82 bits per heavy atom. The molecule has 18 heteroatoms. The van der Waals surface area contributed by atoms with E-state index >= 15 is 0 Å². The summed E-state index contributed by atoms with van der Waals surface area (Å²) in [4.78, 5) is 86.3. The minimum absolute atomic E-state index is 0.0135. The van der Waals surface area contributed by atoms with Crippen molar-refractivity contribution in [3.63, 3.8) is 0 Å². The maximum atomic E-state index is 13.7. The third kappa shape index (κ3) is 10.6. The van der Waals surface area contributed by atoms with Crippen LogP contribution in [-0.2, 0) is 19.2 Å². The highest BCUT2D eigenvalue weighted by Gasteiger charge is 2.40. The lowest BCUT2D eigenvalue weighted by Crippen LogP contribution is -2.44. The van der Waals surface area contributed by atoms with Crippen LogP contribution in [0.3, 0.4) is 0 Å². The molecule has 4 aromatic rings. The van der Waals surface area contributed by atoms with Crippen LogP contribution in [0.2, 0.25) is 5.02 Å². The number of likely N-dealkylation sites (tertiary alicyclic amines) is 1. The molecule has 3 heterocycles. The highest BCUT2D eigenvalue weighted by Crippen LogP contribution is 2.34. The summed E-state index contributed by atoms with van der Waals surface area (Å²) < 4.78 is 19.2. The van der Waals surface area contributed by atoms with E-state index in [1.165, 1.54) is 37.7 Å². The fourth-order valence-corrected chi connectivity index (χ4v) is 7.31. The van der Waals surface area contributed by atoms with Gasteiger partial charge >= 0.3 is 0 Å². The van der Waals surface area contributed by atoms with Crippen LogP contribution in [0.5, 0.6) is 5.75 Å². The molecule has 1 saturated heterocycles. The smallest absolute Gasteiger partial charge is 0.263 e. The Balaban J connectivity index is 0.919. The Morgan fingerprint density at radius 1 is 1.02 bits per heavy atom. The van der Waals surface area contributed by atoms with Crippen LogP contribution in [0.4, 0.5) is 27.3 Å². The first-order chi connectivity index (χ1) is 28.9. The van der Waals surface area contributed by atoms with Gasteiger partial charge in [-0.15, -0.1) is 0 Å². The molecule has 1 aromatic heterocycles. The van der Waals surface area contributed by atoms with Gasteiger partial charge < -0.3 is 26.0 Å². The fourth-order valence-electron chi connectivity index (χ4n) is 7.13. The number of amides is 6. The quantitative estimate of drug-likeness (QED) is 0.0381. The summed E-state index contributed by atoms with van der Waals surface area (Å²) in [6, 6.07) is 12.1. The van der Waals surface area contributed by atoms with E-state index in [2.05, 4.69) is 41.5 Å². The molecule has 5 N–H and O–H groups in total. The van der Waals surface area contributed by atoms with E-state index in [0.717, 1.165) is 30.8 Å². The van der Waals surface area contributed by atoms with Crippen LogP contribution in [0.15, 0.2) is 67.0 Å². The number of hydrogen-bond donors (Lipinski definition) is 5. The summed E-state index contributed by atoms with van der Waals surface area (Å²) in [5, 5.41) is 14.9. The number of rotatable bonds is 18. The first-order valence-electron chi connectivity index (χ1n) is 19.5. The molecular weight excluding hydrogens is 797 g/mol. The van der Waals surface area contributed by atoms with Crippen molar-refractivity contribution in [2.75, 3.05) is 49.2 Å². The van der Waals surface area contributed by atoms with E-state index in [1.807, 2.05) is 0 Å². The zero-order chi connectivity index (χ0) is 42.8. The number of imide groups is 2. The molecule has 1 unspecified atom stereocenters. The number of ether oxygens (including phenoxy) is 1. The van der Waals surface area contributed by atoms with Crippen molar-refractivity contribution < 1.29 is 37.9 Å². The second-order valence-electron chi connectivity index (χ2n) is 14.4. The van der Waals surface area contributed by atoms with Crippen molar-refractivity contribution in [3.05, 3.63) is 89.0 Å². The van der Waals surface area contributed by atoms with Gasteiger partial charge in [-0.1, -0.05) is 23.7 Å². The van der Waals surface area contributed by atoms with Crippen molar-refractivity contribution in [2.24, 2.45) is 0 Å². The number of halogens is 2. The summed E-state index contributed by atoms with van der Waals surface area (Å²) in [5.74, 6) is -1.52. The SMILES string of the molecule is COc1cc2ncnc(Nc3ccc(F)c(Cl)c3)c2cc1NC(=O)/C=C/CN1CCC(NC(=O)CCCNc2cccc3c2C(=O)N(C(C)CCC(=O)NC=O)C3=O)CC1. The Bertz CT molecular complexity index is 2320. The van der Waals surface area contributed by atoms with Gasteiger partial charge in [0.2, 0.25) is 24.1 Å². The zero-order valence-corrected chi connectivity index (χ0v) is 33.8. The average molecular weight is 842 g/mol. The second kappa shape index (κ2) is 20.0. The van der Waals surface area contributed by atoms with Gasteiger partial charge in [0.25, 0.3) is 11.8 Å². The second-order valence-corrected chi connectivity index (χ2v) is 14.8. The molecule has 2 aliphatic rings. The molecule has 6 amide bonds. The third-order valence-corrected chi connectivity index (χ3v) is 10.6. The van der Waals surface area contributed by atoms with Crippen LogP contribution in [0.25, 0.3) is 10.9 Å². The van der Waals surface area contributed by atoms with E-state index in [9.17, 15) is 33.2 Å². The predicted octanol–water partition coefficient (Wildman–Crippen LogP) is 5.18. The molecule has 314 valence electrons. The van der Waals surface area contributed by atoms with Gasteiger partial charge in [0, 0.05) is 80.0 Å². The number of anilines is 4. The number of carbonyl (C=O) groups is 6. The normalized spacial score (nSPS) is 14.8. The number of nitrogens with zero attached hydrogens (tertiary/aromatic N) is 4. The number of benzene rings is 3. The van der Waals surface area contributed by atoms with Gasteiger partial charge in [0.05, 0.1) is 34.5 Å². The highest BCUT2D eigenvalue weighted by molar-refractivity contribution is 6.31. The molecule has 1 fully saturated rings. The molecule has 16 nitrogen and oxygen atoms in total. The Morgan fingerprint density at radius 3 is 2.57 bits per heavy atom. The predicted molar refractivity (Wildman–Crippen MR) is 224 cm³/mol. The van der Waals surface area contributed by atoms with E-state index in [4.69, 9.17) is 16.3 Å². The van der Waals surface area contributed by atoms with Crippen LogP contribution in [0, 0.1) is 5.82 Å². The topological polar surface area (TPSA) is 204 Å². The van der Waals surface area contributed by atoms with Gasteiger partial charge in [-0.25, -0.2) is 14.4 Å². The summed E-state index contributed by atoms with van der Waals surface area (Å²) in [5.41, 5.74) is 2.53. The first kappa shape index (κ1) is 43.1. The molecule has 0 saturated carbocycles. The minimum Gasteiger partial charge on any atom is -0.494 e. The summed E-state index contributed by atoms with van der Waals surface area (Å²) in [6.07, 6.45) is 7.39. The van der Waals surface area contributed by atoms with Crippen molar-refractivity contribution >= 4 is 81.3 Å². The Kier molecular flexibility index (Phi) is 14.4. The number of hydrogen-bond acceptors (Lipinski definition) is 12. The average Bonchev–Trinajstić information content (AvgIpc) is 3.49. The largest absolute Gasteiger partial charge is 0.494 e. The number of nitrogens with one attached hydrogen (secondary N) is 5. The van der Waals surface area contributed by atoms with E-state index < -0.39 is 29.6 Å². The van der Waals surface area contributed by atoms with E-state index in [-0.39, 0.29) is 53.3 Å². The molecule has 0 spiro atoms. The van der Waals surface area contributed by atoms with Gasteiger partial charge in [0.1, 0.15) is 23.7 Å². The number of carbonyl (C=O) groups excluding carboxylic acids is 6. The molecule has 0 radical (unpaired) electrons. The number of methoxy groups -OCH3 is 1. The third-order valence-electron chi connectivity index (χ3n) is 10.3. The molecule has 6 rings (SSSR count). The van der Waals surface area contributed by atoms with Crippen LogP contribution in [-0.4, -0.2) is 101 Å². The van der Waals surface area contributed by atoms with Crippen LogP contribution >= 0.6 is 11.6 Å². The van der Waals surface area contributed by atoms with Gasteiger partial charge in [-0.2, -0.15) is 0 Å². The Hall–Kier alpha value is -6.46. The molecule has 3 aromatic carbocycles. The standard InChI is InChI=1S/C42H45ClFN9O7/c1-25(10-13-36(55)48-24-54)53-41(58)28-6-3-7-32(39(28)42(53)59)45-16-4-8-37(56)49-26-14-18-52(19-15-26)17-5-9-38(57)51-34-21-29-33(22-35(34)60-2)46-23-47-40(29)50-27-11-12-31(44)30(43)20-27/h3,5-7,9,11-12,20-26,45H,4,8,10,13-19H2,1-2H3,(H,49,56)(H,51,57)(H,46,47,50)(H,48,54,55)/b9-5+. The molecule has 2 aliphatic heterocycles. The molecule has 0 aliphatic carbocycles. The van der Waals surface area contributed by atoms with Crippen molar-refractivity contribution in [2.45, 2.75) is 57.5 Å². The minimum atomic E-state index is -0.554. The maximum absolute atomic E-state index is 13.7. The number of piperidine rings is 1. The Labute approximate surface area is 350 Å². The fraction of sp³-hybridized carbons (Fsp3) is 0.333. The van der Waals surface area contributed by atoms with Crippen molar-refractivity contribution in [1.29, 1.82) is 0 Å². The number of fused-ring (bicyclic) bond motifs is 2. The lowest BCUT2D eigenvalue weighted by atomic mass is 10.0. The van der Waals surface area contributed by atoms with E-state index in [1.54, 1.807) is 43.3 Å². The number of aromatic nitrogens is 2. The van der Waals surface area contributed by atoms with Crippen molar-refractivity contribution in [3.8, 4) is 5.75 Å². The first-order valence-corrected chi connectivity index (χ1v) is 19.8. The summed E-state index contributed by atoms with van der Waals surface area (Å²) in [6.45, 7) is 4.10. The van der Waals surface area contributed by atoms with E-state index in [0.29, 0.717) is 65.5 Å². The maximum Gasteiger partial charge on any atom is 0.263 e. The molecule has 0 bridgehead atoms.